The smallest absolute Gasteiger partial charge is 0.343 e. The molecular formula is C29H31N7O3. The Kier molecular flexibility index (Phi) is 7.53. The fraction of sp³-hybridized carbons (Fsp3) is 0.276. The maximum atomic E-state index is 13.6. The van der Waals surface area contributed by atoms with Crippen LogP contribution in [0.1, 0.15) is 39.0 Å². The van der Waals surface area contributed by atoms with E-state index in [2.05, 4.69) is 37.4 Å². The van der Waals surface area contributed by atoms with Crippen LogP contribution in [0.5, 0.6) is 0 Å². The maximum Gasteiger partial charge on any atom is 0.343 e. The molecule has 1 fully saturated rings. The first-order chi connectivity index (χ1) is 18.9. The average molecular weight is 526 g/mol. The highest BCUT2D eigenvalue weighted by Gasteiger charge is 2.25. The fourth-order valence-electron chi connectivity index (χ4n) is 4.64. The maximum absolute atomic E-state index is 13.6. The molecular weight excluding hydrogens is 494 g/mol. The predicted octanol–water partition coefficient (Wildman–Crippen LogP) is 4.16. The van der Waals surface area contributed by atoms with Crippen molar-refractivity contribution >= 4 is 29.1 Å². The third kappa shape index (κ3) is 5.59. The highest BCUT2D eigenvalue weighted by molar-refractivity contribution is 6.01. The van der Waals surface area contributed by atoms with E-state index >= 15 is 0 Å². The lowest BCUT2D eigenvalue weighted by atomic mass is 10.1. The summed E-state index contributed by atoms with van der Waals surface area (Å²) in [5.41, 5.74) is 4.03. The lowest BCUT2D eigenvalue weighted by Gasteiger charge is -2.36. The van der Waals surface area contributed by atoms with E-state index in [0.717, 1.165) is 30.2 Å². The van der Waals surface area contributed by atoms with Gasteiger partial charge in [-0.25, -0.2) is 14.5 Å². The topological polar surface area (TPSA) is 105 Å². The number of piperazine rings is 1. The Morgan fingerprint density at radius 3 is 2.36 bits per heavy atom. The van der Waals surface area contributed by atoms with Crippen LogP contribution in [0.3, 0.4) is 0 Å². The molecule has 0 aliphatic carbocycles. The summed E-state index contributed by atoms with van der Waals surface area (Å²) in [5, 5.41) is 7.68. The van der Waals surface area contributed by atoms with Crippen LogP contribution < -0.4 is 10.2 Å². The van der Waals surface area contributed by atoms with Crippen LogP contribution >= 0.6 is 0 Å². The van der Waals surface area contributed by atoms with Crippen molar-refractivity contribution in [1.29, 1.82) is 0 Å². The Morgan fingerprint density at radius 1 is 0.949 bits per heavy atom. The molecule has 2 aromatic carbocycles. The molecule has 200 valence electrons. The van der Waals surface area contributed by atoms with Crippen LogP contribution in [0.4, 0.5) is 17.2 Å². The molecule has 1 aliphatic heterocycles. The normalized spacial score (nSPS) is 13.3. The lowest BCUT2D eigenvalue weighted by Crippen LogP contribution is -2.48. The molecule has 0 saturated carbocycles. The molecule has 10 heteroatoms. The highest BCUT2D eigenvalue weighted by atomic mass is 16.5. The van der Waals surface area contributed by atoms with Crippen molar-refractivity contribution in [3.05, 3.63) is 89.4 Å². The first kappa shape index (κ1) is 25.9. The summed E-state index contributed by atoms with van der Waals surface area (Å²) in [6, 6.07) is 19.4. The van der Waals surface area contributed by atoms with Crippen LogP contribution in [0.25, 0.3) is 5.95 Å². The fourth-order valence-corrected chi connectivity index (χ4v) is 4.64. The molecule has 39 heavy (non-hydrogen) atoms. The molecule has 1 aliphatic rings. The minimum absolute atomic E-state index is 0.0867. The van der Waals surface area contributed by atoms with Gasteiger partial charge >= 0.3 is 5.97 Å². The van der Waals surface area contributed by atoms with E-state index in [4.69, 9.17) is 4.74 Å². The highest BCUT2D eigenvalue weighted by Crippen LogP contribution is 2.26. The number of hydrogen-bond donors (Lipinski definition) is 1. The van der Waals surface area contributed by atoms with E-state index in [0.29, 0.717) is 30.3 Å². The number of rotatable bonds is 7. The van der Waals surface area contributed by atoms with Gasteiger partial charge in [-0.1, -0.05) is 30.3 Å². The number of aryl methyl sites for hydroxylation is 2. The van der Waals surface area contributed by atoms with Crippen LogP contribution in [-0.4, -0.2) is 69.3 Å². The number of hydrogen-bond acceptors (Lipinski definition) is 8. The van der Waals surface area contributed by atoms with Gasteiger partial charge in [0.1, 0.15) is 5.56 Å². The lowest BCUT2D eigenvalue weighted by molar-refractivity contribution is 0.0526. The number of esters is 1. The summed E-state index contributed by atoms with van der Waals surface area (Å²) in [6.45, 7) is 8.44. The summed E-state index contributed by atoms with van der Waals surface area (Å²) in [7, 11) is 0. The quantitative estimate of drug-likeness (QED) is 0.359. The molecule has 0 radical (unpaired) electrons. The Bertz CT molecular complexity index is 1480. The second-order valence-corrected chi connectivity index (χ2v) is 9.28. The zero-order valence-corrected chi connectivity index (χ0v) is 22.3. The number of amides is 1. The molecule has 1 saturated heterocycles. The van der Waals surface area contributed by atoms with E-state index in [-0.39, 0.29) is 23.9 Å². The summed E-state index contributed by atoms with van der Waals surface area (Å²) in [5.74, 6) is -0.103. The first-order valence-electron chi connectivity index (χ1n) is 13.0. The zero-order chi connectivity index (χ0) is 27.4. The minimum atomic E-state index is -0.555. The SMILES string of the molecule is CCOC(=O)c1cnc(-n2nc(C)cc2C)nc1Nc1ccccc1C(=O)N1CCN(c2ccccc2)CC1. The Labute approximate surface area is 227 Å². The molecule has 0 bridgehead atoms. The van der Waals surface area contributed by atoms with Gasteiger partial charge in [-0.2, -0.15) is 10.1 Å². The Morgan fingerprint density at radius 2 is 1.67 bits per heavy atom. The largest absolute Gasteiger partial charge is 0.462 e. The molecule has 5 rings (SSSR count). The minimum Gasteiger partial charge on any atom is -0.462 e. The van der Waals surface area contributed by atoms with Gasteiger partial charge in [-0.15, -0.1) is 0 Å². The van der Waals surface area contributed by atoms with Crippen molar-refractivity contribution in [3.8, 4) is 5.95 Å². The van der Waals surface area contributed by atoms with E-state index in [1.54, 1.807) is 23.7 Å². The number of para-hydroxylation sites is 2. The van der Waals surface area contributed by atoms with Crippen molar-refractivity contribution in [1.82, 2.24) is 24.6 Å². The van der Waals surface area contributed by atoms with Crippen LogP contribution in [0, 0.1) is 13.8 Å². The van der Waals surface area contributed by atoms with Gasteiger partial charge in [0.15, 0.2) is 5.82 Å². The summed E-state index contributed by atoms with van der Waals surface area (Å²) < 4.78 is 6.85. The monoisotopic (exact) mass is 525 g/mol. The number of nitrogens with zero attached hydrogens (tertiary/aromatic N) is 6. The Hall–Kier alpha value is -4.73. The molecule has 10 nitrogen and oxygen atoms in total. The van der Waals surface area contributed by atoms with Gasteiger partial charge in [0.25, 0.3) is 11.9 Å². The molecule has 0 unspecified atom stereocenters. The molecule has 4 aromatic rings. The third-order valence-electron chi connectivity index (χ3n) is 6.57. The van der Waals surface area contributed by atoms with E-state index in [1.807, 2.05) is 55.1 Å². The molecule has 1 N–H and O–H groups in total. The van der Waals surface area contributed by atoms with Gasteiger partial charge in [-0.05, 0) is 51.1 Å². The number of anilines is 3. The number of nitrogens with one attached hydrogen (secondary N) is 1. The molecule has 0 spiro atoms. The second-order valence-electron chi connectivity index (χ2n) is 9.28. The average Bonchev–Trinajstić information content (AvgIpc) is 3.31. The van der Waals surface area contributed by atoms with E-state index in [1.165, 1.54) is 6.20 Å². The molecule has 3 heterocycles. The van der Waals surface area contributed by atoms with Crippen molar-refractivity contribution in [2.24, 2.45) is 0 Å². The number of carbonyl (C=O) groups excluding carboxylic acids is 2. The van der Waals surface area contributed by atoms with Gasteiger partial charge in [0.2, 0.25) is 0 Å². The van der Waals surface area contributed by atoms with Gasteiger partial charge in [0.05, 0.1) is 23.6 Å². The van der Waals surface area contributed by atoms with E-state index in [9.17, 15) is 9.59 Å². The van der Waals surface area contributed by atoms with Crippen LogP contribution in [-0.2, 0) is 4.74 Å². The molecule has 1 amide bonds. The molecule has 0 atom stereocenters. The Balaban J connectivity index is 1.42. The number of carbonyl (C=O) groups is 2. The number of ether oxygens (including phenoxy) is 1. The number of benzene rings is 2. The van der Waals surface area contributed by atoms with E-state index < -0.39 is 5.97 Å². The van der Waals surface area contributed by atoms with Crippen molar-refractivity contribution < 1.29 is 14.3 Å². The first-order valence-corrected chi connectivity index (χ1v) is 13.0. The third-order valence-corrected chi connectivity index (χ3v) is 6.57. The molecule has 2 aromatic heterocycles. The summed E-state index contributed by atoms with van der Waals surface area (Å²) in [4.78, 5) is 39.5. The van der Waals surface area contributed by atoms with Crippen molar-refractivity contribution in [2.75, 3.05) is 43.0 Å². The van der Waals surface area contributed by atoms with Gasteiger partial charge in [0, 0.05) is 43.8 Å². The van der Waals surface area contributed by atoms with Crippen LogP contribution in [0.2, 0.25) is 0 Å². The standard InChI is InChI=1S/C29H31N7O3/c1-4-39-28(38)24-19-30-29(36-21(3)18-20(2)33-36)32-26(24)31-25-13-9-8-12-23(25)27(37)35-16-14-34(15-17-35)22-10-6-5-7-11-22/h5-13,18-19H,4,14-17H2,1-3H3,(H,30,31,32). The van der Waals surface area contributed by atoms with Gasteiger partial charge in [-0.3, -0.25) is 4.79 Å². The predicted molar refractivity (Wildman–Crippen MR) is 149 cm³/mol. The number of aromatic nitrogens is 4. The summed E-state index contributed by atoms with van der Waals surface area (Å²) >= 11 is 0. The second kappa shape index (κ2) is 11.3. The summed E-state index contributed by atoms with van der Waals surface area (Å²) in [6.07, 6.45) is 1.42. The van der Waals surface area contributed by atoms with Crippen molar-refractivity contribution in [3.63, 3.8) is 0 Å². The van der Waals surface area contributed by atoms with Crippen molar-refractivity contribution in [2.45, 2.75) is 20.8 Å². The van der Waals surface area contributed by atoms with Gasteiger partial charge < -0.3 is 19.9 Å². The zero-order valence-electron chi connectivity index (χ0n) is 22.3. The van der Waals surface area contributed by atoms with Crippen LogP contribution in [0.15, 0.2) is 66.9 Å².